The van der Waals surface area contributed by atoms with Gasteiger partial charge in [0.15, 0.2) is 0 Å². The molecule has 0 bridgehead atoms. The molecule has 0 aliphatic rings. The zero-order valence-electron chi connectivity index (χ0n) is 16.5. The molecule has 2 aromatic heterocycles. The van der Waals surface area contributed by atoms with Crippen LogP contribution in [0.15, 0.2) is 76.3 Å². The van der Waals surface area contributed by atoms with Gasteiger partial charge in [0.25, 0.3) is 0 Å². The third-order valence-electron chi connectivity index (χ3n) is 4.69. The van der Waals surface area contributed by atoms with E-state index in [-0.39, 0.29) is 11.4 Å². The van der Waals surface area contributed by atoms with E-state index in [1.807, 2.05) is 36.4 Å². The second-order valence-corrected chi connectivity index (χ2v) is 8.54. The van der Waals surface area contributed by atoms with Crippen LogP contribution in [0.3, 0.4) is 0 Å². The second kappa shape index (κ2) is 8.17. The predicted octanol–water partition coefficient (Wildman–Crippen LogP) is 3.89. The van der Waals surface area contributed by atoms with Gasteiger partial charge in [-0.25, -0.2) is 23.1 Å². The standard InChI is InChI=1S/C22H20N4O3S/c1-15-20(22(26-29-15)17-7-4-3-5-8-17)14-24-30(27,28)19-10-6-9-18(13-19)21-11-12-23-16(2)25-21/h3-13,24H,14H2,1-2H3. The molecule has 0 saturated heterocycles. The number of benzene rings is 2. The van der Waals surface area contributed by atoms with Crippen molar-refractivity contribution < 1.29 is 12.9 Å². The van der Waals surface area contributed by atoms with Crippen LogP contribution in [-0.4, -0.2) is 23.5 Å². The lowest BCUT2D eigenvalue weighted by Crippen LogP contribution is -2.23. The number of hydrogen-bond donors (Lipinski definition) is 1. The van der Waals surface area contributed by atoms with E-state index in [4.69, 9.17) is 4.52 Å². The van der Waals surface area contributed by atoms with Gasteiger partial charge in [-0.15, -0.1) is 0 Å². The molecule has 152 valence electrons. The van der Waals surface area contributed by atoms with Gasteiger partial charge in [0.1, 0.15) is 17.3 Å². The third-order valence-corrected chi connectivity index (χ3v) is 6.09. The van der Waals surface area contributed by atoms with Gasteiger partial charge in [-0.1, -0.05) is 47.6 Å². The van der Waals surface area contributed by atoms with Crippen molar-refractivity contribution in [1.82, 2.24) is 19.8 Å². The molecule has 4 rings (SSSR count). The lowest BCUT2D eigenvalue weighted by atomic mass is 10.1. The minimum atomic E-state index is -3.76. The molecule has 0 unspecified atom stereocenters. The first-order valence-corrected chi connectivity index (χ1v) is 10.8. The van der Waals surface area contributed by atoms with Crippen molar-refractivity contribution in [3.05, 3.63) is 84.0 Å². The van der Waals surface area contributed by atoms with E-state index in [0.717, 1.165) is 5.56 Å². The molecular formula is C22H20N4O3S. The zero-order valence-corrected chi connectivity index (χ0v) is 17.3. The van der Waals surface area contributed by atoms with Gasteiger partial charge in [-0.05, 0) is 32.0 Å². The summed E-state index contributed by atoms with van der Waals surface area (Å²) in [5.41, 5.74) is 3.56. The summed E-state index contributed by atoms with van der Waals surface area (Å²) in [6.45, 7) is 3.62. The largest absolute Gasteiger partial charge is 0.361 e. The van der Waals surface area contributed by atoms with E-state index >= 15 is 0 Å². The molecule has 0 spiro atoms. The van der Waals surface area contributed by atoms with Gasteiger partial charge in [0.05, 0.1) is 10.6 Å². The van der Waals surface area contributed by atoms with Crippen molar-refractivity contribution in [1.29, 1.82) is 0 Å². The maximum Gasteiger partial charge on any atom is 0.240 e. The van der Waals surface area contributed by atoms with E-state index in [2.05, 4.69) is 19.8 Å². The number of nitrogens with zero attached hydrogens (tertiary/aromatic N) is 3. The van der Waals surface area contributed by atoms with Crippen LogP contribution >= 0.6 is 0 Å². The molecule has 0 radical (unpaired) electrons. The highest BCUT2D eigenvalue weighted by Gasteiger charge is 2.19. The Bertz CT molecular complexity index is 1280. The summed E-state index contributed by atoms with van der Waals surface area (Å²) in [4.78, 5) is 8.60. The van der Waals surface area contributed by atoms with Crippen molar-refractivity contribution in [2.24, 2.45) is 0 Å². The van der Waals surface area contributed by atoms with E-state index in [9.17, 15) is 8.42 Å². The summed E-state index contributed by atoms with van der Waals surface area (Å²) in [5, 5.41) is 4.10. The molecule has 4 aromatic rings. The monoisotopic (exact) mass is 420 g/mol. The van der Waals surface area contributed by atoms with E-state index in [0.29, 0.717) is 34.1 Å². The molecule has 0 aliphatic carbocycles. The summed E-state index contributed by atoms with van der Waals surface area (Å²) in [6, 6.07) is 17.9. The molecule has 0 atom stereocenters. The highest BCUT2D eigenvalue weighted by atomic mass is 32.2. The Kier molecular flexibility index (Phi) is 5.43. The summed E-state index contributed by atoms with van der Waals surface area (Å²) >= 11 is 0. The fourth-order valence-electron chi connectivity index (χ4n) is 3.11. The summed E-state index contributed by atoms with van der Waals surface area (Å²) in [7, 11) is -3.76. The minimum absolute atomic E-state index is 0.0682. The van der Waals surface area contributed by atoms with Crippen molar-refractivity contribution in [3.8, 4) is 22.5 Å². The highest BCUT2D eigenvalue weighted by molar-refractivity contribution is 7.89. The number of hydrogen-bond acceptors (Lipinski definition) is 6. The fraction of sp³-hybridized carbons (Fsp3) is 0.136. The van der Waals surface area contributed by atoms with Crippen molar-refractivity contribution >= 4 is 10.0 Å². The third kappa shape index (κ3) is 4.14. The predicted molar refractivity (Wildman–Crippen MR) is 113 cm³/mol. The number of rotatable bonds is 6. The van der Waals surface area contributed by atoms with Crippen LogP contribution in [0.5, 0.6) is 0 Å². The lowest BCUT2D eigenvalue weighted by Gasteiger charge is -2.09. The summed E-state index contributed by atoms with van der Waals surface area (Å²) < 4.78 is 33.9. The average molecular weight is 420 g/mol. The maximum absolute atomic E-state index is 12.9. The van der Waals surface area contributed by atoms with Crippen LogP contribution in [0.25, 0.3) is 22.5 Å². The van der Waals surface area contributed by atoms with Gasteiger partial charge in [0, 0.05) is 29.4 Å². The van der Waals surface area contributed by atoms with E-state index in [1.54, 1.807) is 44.3 Å². The van der Waals surface area contributed by atoms with Gasteiger partial charge < -0.3 is 4.52 Å². The first kappa shape index (κ1) is 19.9. The highest BCUT2D eigenvalue weighted by Crippen LogP contribution is 2.26. The Morgan fingerprint density at radius 3 is 2.50 bits per heavy atom. The Hall–Kier alpha value is -3.36. The smallest absolute Gasteiger partial charge is 0.240 e. The molecule has 0 aliphatic heterocycles. The molecule has 2 aromatic carbocycles. The topological polar surface area (TPSA) is 98.0 Å². The van der Waals surface area contributed by atoms with Crippen molar-refractivity contribution in [2.75, 3.05) is 0 Å². The number of aryl methyl sites for hydroxylation is 2. The van der Waals surface area contributed by atoms with Crippen molar-refractivity contribution in [2.45, 2.75) is 25.3 Å². The number of nitrogens with one attached hydrogen (secondary N) is 1. The quantitative estimate of drug-likeness (QED) is 0.508. The molecule has 0 fully saturated rings. The SMILES string of the molecule is Cc1nccc(-c2cccc(S(=O)(=O)NCc3c(-c4ccccc4)noc3C)c2)n1. The average Bonchev–Trinajstić information content (AvgIpc) is 3.13. The molecular weight excluding hydrogens is 400 g/mol. The summed E-state index contributed by atoms with van der Waals surface area (Å²) in [6.07, 6.45) is 1.65. The fourth-order valence-corrected chi connectivity index (χ4v) is 4.15. The van der Waals surface area contributed by atoms with Crippen LogP contribution in [0.1, 0.15) is 17.1 Å². The first-order chi connectivity index (χ1) is 14.4. The minimum Gasteiger partial charge on any atom is -0.361 e. The van der Waals surface area contributed by atoms with Crippen LogP contribution in [0.2, 0.25) is 0 Å². The Balaban J connectivity index is 1.60. The molecule has 2 heterocycles. The first-order valence-electron chi connectivity index (χ1n) is 9.34. The molecule has 30 heavy (non-hydrogen) atoms. The maximum atomic E-state index is 12.9. The Morgan fingerprint density at radius 2 is 1.73 bits per heavy atom. The zero-order chi connectivity index (χ0) is 21.1. The van der Waals surface area contributed by atoms with Gasteiger partial charge in [-0.3, -0.25) is 0 Å². The molecule has 1 N–H and O–H groups in total. The molecule has 7 nitrogen and oxygen atoms in total. The normalized spacial score (nSPS) is 11.5. The van der Waals surface area contributed by atoms with Gasteiger partial charge in [-0.2, -0.15) is 0 Å². The van der Waals surface area contributed by atoms with E-state index < -0.39 is 10.0 Å². The molecule has 0 saturated carbocycles. The van der Waals surface area contributed by atoms with Crippen LogP contribution in [-0.2, 0) is 16.6 Å². The second-order valence-electron chi connectivity index (χ2n) is 6.77. The van der Waals surface area contributed by atoms with Crippen LogP contribution in [0.4, 0.5) is 0 Å². The van der Waals surface area contributed by atoms with E-state index in [1.165, 1.54) is 0 Å². The number of sulfonamides is 1. The van der Waals surface area contributed by atoms with Crippen molar-refractivity contribution in [3.63, 3.8) is 0 Å². The van der Waals surface area contributed by atoms with Crippen LogP contribution in [0, 0.1) is 13.8 Å². The summed E-state index contributed by atoms with van der Waals surface area (Å²) in [5.74, 6) is 1.19. The molecule has 8 heteroatoms. The number of aromatic nitrogens is 3. The van der Waals surface area contributed by atoms with Gasteiger partial charge >= 0.3 is 0 Å². The Morgan fingerprint density at radius 1 is 0.967 bits per heavy atom. The Labute approximate surface area is 174 Å². The molecule has 0 amide bonds. The lowest BCUT2D eigenvalue weighted by molar-refractivity contribution is 0.398. The van der Waals surface area contributed by atoms with Gasteiger partial charge in [0.2, 0.25) is 10.0 Å². The van der Waals surface area contributed by atoms with Crippen LogP contribution < -0.4 is 4.72 Å².